The maximum Gasteiger partial charge on any atom is 0.127 e. The molecular weight excluding hydrogens is 741 g/mol. The number of carbonyl (C=O) groups is 1. The first kappa shape index (κ1) is 59.1. The van der Waals surface area contributed by atoms with Crippen molar-refractivity contribution in [2.75, 3.05) is 0 Å². The predicted molar refractivity (Wildman–Crippen MR) is 275 cm³/mol. The lowest BCUT2D eigenvalue weighted by atomic mass is 9.94. The molecule has 6 aromatic carbocycles. The molecule has 0 amide bonds. The fourth-order valence-electron chi connectivity index (χ4n) is 4.85. The lowest BCUT2D eigenvalue weighted by Gasteiger charge is -2.10. The monoisotopic (exact) mass is 819 g/mol. The van der Waals surface area contributed by atoms with E-state index in [1.165, 1.54) is 22.3 Å². The first-order valence-corrected chi connectivity index (χ1v) is 22.1. The summed E-state index contributed by atoms with van der Waals surface area (Å²) in [6.45, 7) is 42.8. The number of aryl methyl sites for hydroxylation is 4. The molecule has 61 heavy (non-hydrogen) atoms. The van der Waals surface area contributed by atoms with Crippen molar-refractivity contribution in [3.8, 4) is 23.3 Å². The Bertz CT molecular complexity index is 1940. The number of benzene rings is 6. The van der Waals surface area contributed by atoms with Gasteiger partial charge in [0.15, 0.2) is 0 Å². The number of rotatable bonds is 6. The third-order valence-corrected chi connectivity index (χ3v) is 7.90. The number of hydrogen-bond acceptors (Lipinski definition) is 2. The van der Waals surface area contributed by atoms with Gasteiger partial charge in [-0.25, -0.2) is 0 Å². The Labute approximate surface area is 374 Å². The molecule has 0 spiro atoms. The topological polar surface area (TPSA) is 26.3 Å². The fraction of sp³-hybridized carbons (Fsp3) is 0.271. The van der Waals surface area contributed by atoms with Crippen LogP contribution in [0.1, 0.15) is 139 Å². The van der Waals surface area contributed by atoms with Crippen LogP contribution in [0.5, 0.6) is 11.5 Å². The summed E-state index contributed by atoms with van der Waals surface area (Å²) in [5.74, 6) is 8.00. The summed E-state index contributed by atoms with van der Waals surface area (Å²) in [7, 11) is 0. The van der Waals surface area contributed by atoms with E-state index >= 15 is 0 Å². The molecule has 0 aromatic heterocycles. The maximum absolute atomic E-state index is 8.00. The SMILES string of the molecule is C=C(c1ccc(C)cc1)c1ccc(C(=C)c2ccc(C)cc2)cc1.C=O.CC.CC.CC.CC.CC.CC.Cc1ccc(C#Cc2ccc(Oc3ccc(C)cc3)cc2)cc1. The van der Waals surface area contributed by atoms with Crippen LogP contribution in [0.4, 0.5) is 0 Å². The highest BCUT2D eigenvalue weighted by Gasteiger charge is 2.06. The summed E-state index contributed by atoms with van der Waals surface area (Å²) in [5.41, 5.74) is 13.7. The van der Waals surface area contributed by atoms with Crippen molar-refractivity contribution in [2.45, 2.75) is 111 Å². The van der Waals surface area contributed by atoms with Gasteiger partial charge in [0, 0.05) is 11.1 Å². The van der Waals surface area contributed by atoms with Crippen molar-refractivity contribution in [3.63, 3.8) is 0 Å². The zero-order valence-corrected chi connectivity index (χ0v) is 40.8. The van der Waals surface area contributed by atoms with E-state index in [4.69, 9.17) is 9.53 Å². The van der Waals surface area contributed by atoms with Crippen LogP contribution in [0.25, 0.3) is 11.1 Å². The van der Waals surface area contributed by atoms with E-state index in [0.717, 1.165) is 56.0 Å². The van der Waals surface area contributed by atoms with Crippen molar-refractivity contribution in [3.05, 3.63) is 214 Å². The van der Waals surface area contributed by atoms with Crippen molar-refractivity contribution in [2.24, 2.45) is 0 Å². The second-order valence-electron chi connectivity index (χ2n) is 11.8. The number of hydrogen-bond donors (Lipinski definition) is 0. The van der Waals surface area contributed by atoms with E-state index in [-0.39, 0.29) is 0 Å². The second kappa shape index (κ2) is 38.1. The molecule has 6 rings (SSSR count). The first-order valence-electron chi connectivity index (χ1n) is 22.1. The van der Waals surface area contributed by atoms with Crippen LogP contribution in [0.3, 0.4) is 0 Å². The Kier molecular flexibility index (Phi) is 36.9. The molecule has 0 radical (unpaired) electrons. The lowest BCUT2D eigenvalue weighted by Crippen LogP contribution is -1.90. The molecule has 0 saturated heterocycles. The average molecular weight is 819 g/mol. The molecule has 0 aliphatic rings. The van der Waals surface area contributed by atoms with Gasteiger partial charge in [0.2, 0.25) is 0 Å². The van der Waals surface area contributed by atoms with E-state index < -0.39 is 0 Å². The molecule has 2 heteroatoms. The first-order chi connectivity index (χ1) is 29.7. The highest BCUT2D eigenvalue weighted by atomic mass is 16.5. The smallest absolute Gasteiger partial charge is 0.127 e. The number of carbonyl (C=O) groups excluding carboxylic acids is 1. The van der Waals surface area contributed by atoms with Crippen molar-refractivity contribution in [1.82, 2.24) is 0 Å². The highest BCUT2D eigenvalue weighted by molar-refractivity contribution is 5.82. The zero-order valence-electron chi connectivity index (χ0n) is 40.8. The molecule has 0 unspecified atom stereocenters. The van der Waals surface area contributed by atoms with Crippen LogP contribution >= 0.6 is 0 Å². The van der Waals surface area contributed by atoms with Gasteiger partial charge >= 0.3 is 0 Å². The van der Waals surface area contributed by atoms with Gasteiger partial charge in [-0.1, -0.05) is 227 Å². The molecule has 2 nitrogen and oxygen atoms in total. The molecule has 0 fully saturated rings. The minimum Gasteiger partial charge on any atom is -0.457 e. The average Bonchev–Trinajstić information content (AvgIpc) is 3.35. The summed E-state index contributed by atoms with van der Waals surface area (Å²) >= 11 is 0. The van der Waals surface area contributed by atoms with Gasteiger partial charge in [-0.05, 0) is 110 Å². The normalized spacial score (nSPS) is 8.46. The summed E-state index contributed by atoms with van der Waals surface area (Å²) in [6, 6.07) is 49.5. The van der Waals surface area contributed by atoms with Gasteiger partial charge in [0.05, 0.1) is 0 Å². The van der Waals surface area contributed by atoms with E-state index in [1.54, 1.807) is 0 Å². The molecule has 6 aromatic rings. The van der Waals surface area contributed by atoms with E-state index in [2.05, 4.69) is 138 Å². The van der Waals surface area contributed by atoms with E-state index in [9.17, 15) is 0 Å². The fourth-order valence-corrected chi connectivity index (χ4v) is 4.85. The van der Waals surface area contributed by atoms with Crippen LogP contribution < -0.4 is 4.74 Å². The van der Waals surface area contributed by atoms with Crippen molar-refractivity contribution >= 4 is 17.9 Å². The molecule has 0 atom stereocenters. The highest BCUT2D eigenvalue weighted by Crippen LogP contribution is 2.27. The summed E-state index contributed by atoms with van der Waals surface area (Å²) in [5, 5.41) is 0. The molecule has 0 aliphatic heterocycles. The van der Waals surface area contributed by atoms with Crippen molar-refractivity contribution < 1.29 is 9.53 Å². The Hall–Kier alpha value is -6.17. The van der Waals surface area contributed by atoms with E-state index in [0.29, 0.717) is 0 Å². The Balaban J connectivity index is -0.000000858. The van der Waals surface area contributed by atoms with Gasteiger partial charge in [-0.15, -0.1) is 0 Å². The van der Waals surface area contributed by atoms with Gasteiger partial charge in [-0.3, -0.25) is 0 Å². The quantitative estimate of drug-likeness (QED) is 0.157. The van der Waals surface area contributed by atoms with Crippen LogP contribution in [-0.4, -0.2) is 6.79 Å². The minimum atomic E-state index is 0.815. The molecule has 0 heterocycles. The Morgan fingerprint density at radius 1 is 0.328 bits per heavy atom. The standard InChI is InChI=1S/C24H22.C22H18O.6C2H6.CH2O/c1-17-5-9-21(10-6-17)19(3)23-13-15-24(16-14-23)20(4)22-11-7-18(2)8-12-22;1-17-3-7-19(8-4-17)9-10-20-11-15-22(16-12-20)23-21-13-5-18(2)6-14-21;7*1-2/h5-16H,3-4H2,1-2H3;3-8,11-16H,1-2H3;6*1-2H3;1H2. The molecule has 0 N–H and O–H groups in total. The number of ether oxygens (including phenoxy) is 1. The van der Waals surface area contributed by atoms with Crippen LogP contribution in [0, 0.1) is 39.5 Å². The zero-order chi connectivity index (χ0) is 47.2. The van der Waals surface area contributed by atoms with Crippen LogP contribution in [0.2, 0.25) is 0 Å². The van der Waals surface area contributed by atoms with Gasteiger partial charge in [0.25, 0.3) is 0 Å². The largest absolute Gasteiger partial charge is 0.457 e. The van der Waals surface area contributed by atoms with Gasteiger partial charge < -0.3 is 9.53 Å². The Morgan fingerprint density at radius 3 is 0.770 bits per heavy atom. The second-order valence-corrected chi connectivity index (χ2v) is 11.8. The Morgan fingerprint density at radius 2 is 0.508 bits per heavy atom. The van der Waals surface area contributed by atoms with Gasteiger partial charge in [-0.2, -0.15) is 0 Å². The molecule has 0 aliphatic carbocycles. The van der Waals surface area contributed by atoms with Crippen LogP contribution in [-0.2, 0) is 4.79 Å². The molecule has 0 saturated carbocycles. The van der Waals surface area contributed by atoms with Crippen LogP contribution in [0.15, 0.2) is 159 Å². The molecular formula is C59H78O2. The van der Waals surface area contributed by atoms with E-state index in [1.807, 2.05) is 151 Å². The summed E-state index contributed by atoms with van der Waals surface area (Å²) in [4.78, 5) is 8.00. The van der Waals surface area contributed by atoms with Crippen molar-refractivity contribution in [1.29, 1.82) is 0 Å². The summed E-state index contributed by atoms with van der Waals surface area (Å²) in [6.07, 6.45) is 0. The predicted octanol–water partition coefficient (Wildman–Crippen LogP) is 17.9. The minimum absolute atomic E-state index is 0.815. The maximum atomic E-state index is 8.00. The molecule has 326 valence electrons. The third-order valence-electron chi connectivity index (χ3n) is 7.90. The molecule has 0 bridgehead atoms. The lowest BCUT2D eigenvalue weighted by molar-refractivity contribution is -0.0980. The summed E-state index contributed by atoms with van der Waals surface area (Å²) < 4.78 is 5.82. The van der Waals surface area contributed by atoms with Gasteiger partial charge in [0.1, 0.15) is 18.3 Å². The third kappa shape index (κ3) is 23.3.